The van der Waals surface area contributed by atoms with Gasteiger partial charge in [-0.25, -0.2) is 0 Å². The predicted octanol–water partition coefficient (Wildman–Crippen LogP) is 3.55. The third-order valence-corrected chi connectivity index (χ3v) is 4.22. The summed E-state index contributed by atoms with van der Waals surface area (Å²) in [6, 6.07) is 6.86. The number of nitro benzene ring substituents is 1. The van der Waals surface area contributed by atoms with Crippen molar-refractivity contribution < 1.29 is 4.92 Å². The number of nitro groups is 1. The first-order valence-electron chi connectivity index (χ1n) is 7.59. The molecule has 0 saturated heterocycles. The van der Waals surface area contributed by atoms with Gasteiger partial charge in [-0.2, -0.15) is 0 Å². The lowest BCUT2D eigenvalue weighted by molar-refractivity contribution is -0.384. The molecule has 1 aliphatic carbocycles. The molecule has 0 radical (unpaired) electrons. The summed E-state index contributed by atoms with van der Waals surface area (Å²) in [5, 5.41) is 14.1. The number of hydrogen-bond acceptors (Lipinski definition) is 3. The molecular weight excluding hydrogens is 252 g/mol. The fourth-order valence-corrected chi connectivity index (χ4v) is 3.07. The molecule has 1 aliphatic rings. The Labute approximate surface area is 120 Å². The van der Waals surface area contributed by atoms with E-state index in [4.69, 9.17) is 0 Å². The lowest BCUT2D eigenvalue weighted by atomic mass is 9.82. The average Bonchev–Trinajstić information content (AvgIpc) is 2.44. The average molecular weight is 276 g/mol. The highest BCUT2D eigenvalue weighted by molar-refractivity contribution is 5.32. The van der Waals surface area contributed by atoms with Crippen molar-refractivity contribution in [2.75, 3.05) is 13.1 Å². The van der Waals surface area contributed by atoms with E-state index in [1.165, 1.54) is 25.7 Å². The van der Waals surface area contributed by atoms with Crippen LogP contribution in [-0.2, 0) is 6.42 Å². The Morgan fingerprint density at radius 3 is 2.70 bits per heavy atom. The van der Waals surface area contributed by atoms with Crippen molar-refractivity contribution in [2.45, 2.75) is 39.0 Å². The maximum absolute atomic E-state index is 10.6. The molecule has 0 aromatic heterocycles. The third kappa shape index (κ3) is 4.60. The first-order chi connectivity index (χ1) is 9.65. The molecule has 2 rings (SSSR count). The van der Waals surface area contributed by atoms with Gasteiger partial charge in [-0.3, -0.25) is 10.1 Å². The first-order valence-corrected chi connectivity index (χ1v) is 7.59. The SMILES string of the molecule is CC1CCCC(CNCCc2ccc([N+](=O)[O-])cc2)C1. The summed E-state index contributed by atoms with van der Waals surface area (Å²) < 4.78 is 0. The maximum atomic E-state index is 10.6. The topological polar surface area (TPSA) is 55.2 Å². The number of benzene rings is 1. The van der Waals surface area contributed by atoms with E-state index in [-0.39, 0.29) is 10.6 Å². The van der Waals surface area contributed by atoms with E-state index in [0.29, 0.717) is 0 Å². The van der Waals surface area contributed by atoms with Gasteiger partial charge in [-0.15, -0.1) is 0 Å². The lowest BCUT2D eigenvalue weighted by Crippen LogP contribution is -2.28. The van der Waals surface area contributed by atoms with Crippen molar-refractivity contribution in [2.24, 2.45) is 11.8 Å². The monoisotopic (exact) mass is 276 g/mol. The normalized spacial score (nSPS) is 22.6. The molecule has 1 aromatic rings. The zero-order chi connectivity index (χ0) is 14.4. The predicted molar refractivity (Wildman–Crippen MR) is 80.8 cm³/mol. The Bertz CT molecular complexity index is 431. The molecule has 4 nitrogen and oxygen atoms in total. The van der Waals surface area contributed by atoms with E-state index in [0.717, 1.165) is 36.9 Å². The highest BCUT2D eigenvalue weighted by Crippen LogP contribution is 2.27. The highest BCUT2D eigenvalue weighted by atomic mass is 16.6. The van der Waals surface area contributed by atoms with E-state index in [1.54, 1.807) is 12.1 Å². The maximum Gasteiger partial charge on any atom is 0.269 e. The van der Waals surface area contributed by atoms with Crippen molar-refractivity contribution in [1.82, 2.24) is 5.32 Å². The molecule has 4 heteroatoms. The minimum absolute atomic E-state index is 0.165. The molecule has 1 aromatic carbocycles. The van der Waals surface area contributed by atoms with Gasteiger partial charge in [0.2, 0.25) is 0 Å². The second-order valence-corrected chi connectivity index (χ2v) is 6.02. The molecule has 0 heterocycles. The Balaban J connectivity index is 1.66. The summed E-state index contributed by atoms with van der Waals surface area (Å²) in [5.74, 6) is 1.71. The quantitative estimate of drug-likeness (QED) is 0.491. The van der Waals surface area contributed by atoms with Crippen LogP contribution in [0.3, 0.4) is 0 Å². The molecule has 20 heavy (non-hydrogen) atoms. The van der Waals surface area contributed by atoms with E-state index < -0.39 is 0 Å². The van der Waals surface area contributed by atoms with Gasteiger partial charge in [-0.05, 0) is 49.8 Å². The van der Waals surface area contributed by atoms with E-state index >= 15 is 0 Å². The highest BCUT2D eigenvalue weighted by Gasteiger charge is 2.18. The molecular formula is C16H24N2O2. The second kappa shape index (κ2) is 7.39. The van der Waals surface area contributed by atoms with Crippen LogP contribution in [0, 0.1) is 22.0 Å². The zero-order valence-corrected chi connectivity index (χ0v) is 12.2. The second-order valence-electron chi connectivity index (χ2n) is 6.02. The third-order valence-electron chi connectivity index (χ3n) is 4.22. The minimum Gasteiger partial charge on any atom is -0.316 e. The molecule has 0 amide bonds. The van der Waals surface area contributed by atoms with Crippen molar-refractivity contribution in [3.8, 4) is 0 Å². The van der Waals surface area contributed by atoms with Gasteiger partial charge in [-0.1, -0.05) is 31.9 Å². The van der Waals surface area contributed by atoms with Gasteiger partial charge in [0, 0.05) is 12.1 Å². The Morgan fingerprint density at radius 2 is 2.05 bits per heavy atom. The fourth-order valence-electron chi connectivity index (χ4n) is 3.07. The first kappa shape index (κ1) is 15.0. The summed E-state index contributed by atoms with van der Waals surface area (Å²) in [6.45, 7) is 4.41. The van der Waals surface area contributed by atoms with Crippen molar-refractivity contribution in [1.29, 1.82) is 0 Å². The zero-order valence-electron chi connectivity index (χ0n) is 12.2. The lowest BCUT2D eigenvalue weighted by Gasteiger charge is -2.26. The summed E-state index contributed by atoms with van der Waals surface area (Å²) in [5.41, 5.74) is 1.32. The van der Waals surface area contributed by atoms with Gasteiger partial charge in [0.25, 0.3) is 5.69 Å². The molecule has 1 saturated carbocycles. The molecule has 1 fully saturated rings. The molecule has 1 N–H and O–H groups in total. The van der Waals surface area contributed by atoms with Crippen LogP contribution in [0.4, 0.5) is 5.69 Å². The smallest absolute Gasteiger partial charge is 0.269 e. The number of nitrogens with one attached hydrogen (secondary N) is 1. The minimum atomic E-state index is -0.355. The van der Waals surface area contributed by atoms with Gasteiger partial charge in [0.1, 0.15) is 0 Å². The summed E-state index contributed by atoms with van der Waals surface area (Å²) in [4.78, 5) is 10.2. The van der Waals surface area contributed by atoms with Crippen molar-refractivity contribution in [3.63, 3.8) is 0 Å². The number of nitrogens with zero attached hydrogens (tertiary/aromatic N) is 1. The van der Waals surface area contributed by atoms with Crippen LogP contribution in [-0.4, -0.2) is 18.0 Å². The number of non-ortho nitro benzene ring substituents is 1. The van der Waals surface area contributed by atoms with Crippen LogP contribution >= 0.6 is 0 Å². The molecule has 0 bridgehead atoms. The molecule has 110 valence electrons. The van der Waals surface area contributed by atoms with Crippen LogP contribution in [0.15, 0.2) is 24.3 Å². The standard InChI is InChI=1S/C16H24N2O2/c1-13-3-2-4-15(11-13)12-17-10-9-14-5-7-16(8-6-14)18(19)20/h5-8,13,15,17H,2-4,9-12H2,1H3. The summed E-state index contributed by atoms with van der Waals surface area (Å²) in [6.07, 6.45) is 6.40. The molecule has 2 atom stereocenters. The number of rotatable bonds is 6. The van der Waals surface area contributed by atoms with Gasteiger partial charge in [0.05, 0.1) is 4.92 Å². The van der Waals surface area contributed by atoms with Crippen LogP contribution in [0.1, 0.15) is 38.2 Å². The van der Waals surface area contributed by atoms with Crippen molar-refractivity contribution in [3.05, 3.63) is 39.9 Å². The van der Waals surface area contributed by atoms with Crippen LogP contribution < -0.4 is 5.32 Å². The Kier molecular flexibility index (Phi) is 5.53. The largest absolute Gasteiger partial charge is 0.316 e. The molecule has 0 aliphatic heterocycles. The summed E-state index contributed by atoms with van der Waals surface area (Å²) >= 11 is 0. The van der Waals surface area contributed by atoms with E-state index in [9.17, 15) is 10.1 Å². The van der Waals surface area contributed by atoms with Crippen LogP contribution in [0.25, 0.3) is 0 Å². The van der Waals surface area contributed by atoms with E-state index in [2.05, 4.69) is 12.2 Å². The van der Waals surface area contributed by atoms with Crippen molar-refractivity contribution >= 4 is 5.69 Å². The fraction of sp³-hybridized carbons (Fsp3) is 0.625. The van der Waals surface area contributed by atoms with Gasteiger partial charge in [0.15, 0.2) is 0 Å². The number of hydrogen-bond donors (Lipinski definition) is 1. The van der Waals surface area contributed by atoms with E-state index in [1.807, 2.05) is 12.1 Å². The van der Waals surface area contributed by atoms with Gasteiger partial charge >= 0.3 is 0 Å². The Hall–Kier alpha value is -1.42. The van der Waals surface area contributed by atoms with Crippen LogP contribution in [0.2, 0.25) is 0 Å². The Morgan fingerprint density at radius 1 is 1.30 bits per heavy atom. The molecule has 0 spiro atoms. The van der Waals surface area contributed by atoms with Crippen LogP contribution in [0.5, 0.6) is 0 Å². The molecule has 2 unspecified atom stereocenters. The summed E-state index contributed by atoms with van der Waals surface area (Å²) in [7, 11) is 0. The van der Waals surface area contributed by atoms with Gasteiger partial charge < -0.3 is 5.32 Å².